The van der Waals surface area contributed by atoms with Gasteiger partial charge in [0, 0.05) is 47.5 Å². The Morgan fingerprint density at radius 3 is 2.58 bits per heavy atom. The molecule has 100 valence electrons. The summed E-state index contributed by atoms with van der Waals surface area (Å²) in [7, 11) is 0. The van der Waals surface area contributed by atoms with Crippen LogP contribution in [0.1, 0.15) is 16.0 Å². The Labute approximate surface area is 126 Å². The van der Waals surface area contributed by atoms with Crippen molar-refractivity contribution in [3.8, 4) is 0 Å². The predicted octanol–water partition coefficient (Wildman–Crippen LogP) is 3.62. The summed E-state index contributed by atoms with van der Waals surface area (Å²) in [6.07, 6.45) is 0. The first-order valence-corrected chi connectivity index (χ1v) is 8.21. The maximum Gasteiger partial charge on any atom is 0.0300 e. The lowest BCUT2D eigenvalue weighted by Crippen LogP contribution is -2.28. The molecule has 0 aliphatic carbocycles. The Morgan fingerprint density at radius 1 is 1.21 bits per heavy atom. The van der Waals surface area contributed by atoms with Crippen LogP contribution in [0, 0.1) is 0 Å². The number of thiophene rings is 1. The minimum atomic E-state index is 0.969. The smallest absolute Gasteiger partial charge is 0.0300 e. The lowest BCUT2D eigenvalue weighted by molar-refractivity contribution is 0.283. The number of hydrogen-bond donors (Lipinski definition) is 1. The molecule has 1 aromatic carbocycles. The number of benzene rings is 1. The molecule has 1 aromatic heterocycles. The molecule has 0 bridgehead atoms. The van der Waals surface area contributed by atoms with Crippen LogP contribution in [0.25, 0.3) is 0 Å². The summed E-state index contributed by atoms with van der Waals surface area (Å²) >= 11 is 5.28. The number of halogens is 1. The van der Waals surface area contributed by atoms with Crippen LogP contribution < -0.4 is 5.32 Å². The van der Waals surface area contributed by atoms with Gasteiger partial charge in [-0.1, -0.05) is 24.3 Å². The molecule has 0 radical (unpaired) electrons. The molecule has 3 rings (SSSR count). The van der Waals surface area contributed by atoms with Gasteiger partial charge in [0.25, 0.3) is 0 Å². The quantitative estimate of drug-likeness (QED) is 0.839. The van der Waals surface area contributed by atoms with Crippen LogP contribution >= 0.6 is 27.3 Å². The fourth-order valence-electron chi connectivity index (χ4n) is 2.46. The van der Waals surface area contributed by atoms with Gasteiger partial charge in [-0.2, -0.15) is 0 Å². The summed E-state index contributed by atoms with van der Waals surface area (Å²) in [6.45, 7) is 5.33. The molecule has 0 saturated heterocycles. The maximum atomic E-state index is 3.52. The molecular weight excluding hydrogens is 320 g/mol. The lowest BCUT2D eigenvalue weighted by atomic mass is 10.1. The number of nitrogens with zero attached hydrogens (tertiary/aromatic N) is 1. The van der Waals surface area contributed by atoms with Crippen molar-refractivity contribution < 1.29 is 0 Å². The van der Waals surface area contributed by atoms with E-state index in [1.807, 2.05) is 0 Å². The molecule has 0 fully saturated rings. The highest BCUT2D eigenvalue weighted by Gasteiger charge is 2.16. The standard InChI is InChI=1S/C15H17BrN2S/c16-14-7-15(19-11-14)8-17-5-6-18-9-12-3-1-2-4-13(12)10-18/h1-4,7,11,17H,5-6,8-10H2. The van der Waals surface area contributed by atoms with Crippen LogP contribution in [-0.4, -0.2) is 18.0 Å². The molecule has 2 nitrogen and oxygen atoms in total. The SMILES string of the molecule is Brc1csc(CNCCN2Cc3ccccc3C2)c1. The summed E-state index contributed by atoms with van der Waals surface area (Å²) in [4.78, 5) is 3.89. The summed E-state index contributed by atoms with van der Waals surface area (Å²) in [5.74, 6) is 0. The summed E-state index contributed by atoms with van der Waals surface area (Å²) in [6, 6.07) is 10.9. The molecular formula is C15H17BrN2S. The molecule has 1 aliphatic heterocycles. The highest BCUT2D eigenvalue weighted by molar-refractivity contribution is 9.10. The van der Waals surface area contributed by atoms with E-state index in [0.29, 0.717) is 0 Å². The van der Waals surface area contributed by atoms with Gasteiger partial charge in [0.05, 0.1) is 0 Å². The third kappa shape index (κ3) is 3.45. The molecule has 0 atom stereocenters. The molecule has 0 amide bonds. The summed E-state index contributed by atoms with van der Waals surface area (Å²) < 4.78 is 1.18. The Kier molecular flexibility index (Phi) is 4.33. The highest BCUT2D eigenvalue weighted by atomic mass is 79.9. The second-order valence-electron chi connectivity index (χ2n) is 4.89. The second-order valence-corrected chi connectivity index (χ2v) is 6.80. The van der Waals surface area contributed by atoms with E-state index >= 15 is 0 Å². The van der Waals surface area contributed by atoms with Gasteiger partial charge < -0.3 is 5.32 Å². The van der Waals surface area contributed by atoms with E-state index in [1.54, 1.807) is 11.3 Å². The van der Waals surface area contributed by atoms with Crippen molar-refractivity contribution >= 4 is 27.3 Å². The first kappa shape index (κ1) is 13.3. The monoisotopic (exact) mass is 336 g/mol. The topological polar surface area (TPSA) is 15.3 Å². The van der Waals surface area contributed by atoms with E-state index in [1.165, 1.54) is 20.5 Å². The van der Waals surface area contributed by atoms with E-state index in [2.05, 4.69) is 61.9 Å². The van der Waals surface area contributed by atoms with Gasteiger partial charge in [-0.15, -0.1) is 11.3 Å². The number of rotatable bonds is 5. The van der Waals surface area contributed by atoms with Crippen LogP contribution in [0.2, 0.25) is 0 Å². The summed E-state index contributed by atoms with van der Waals surface area (Å²) in [5, 5.41) is 5.65. The van der Waals surface area contributed by atoms with E-state index in [9.17, 15) is 0 Å². The zero-order chi connectivity index (χ0) is 13.1. The van der Waals surface area contributed by atoms with Crippen molar-refractivity contribution in [2.24, 2.45) is 0 Å². The van der Waals surface area contributed by atoms with E-state index in [4.69, 9.17) is 0 Å². The molecule has 0 unspecified atom stereocenters. The first-order chi connectivity index (χ1) is 9.31. The van der Waals surface area contributed by atoms with Gasteiger partial charge in [0.2, 0.25) is 0 Å². The number of nitrogens with one attached hydrogen (secondary N) is 1. The normalized spacial score (nSPS) is 14.8. The molecule has 1 aliphatic rings. The Bertz CT molecular complexity index is 528. The highest BCUT2D eigenvalue weighted by Crippen LogP contribution is 2.21. The van der Waals surface area contributed by atoms with Crippen molar-refractivity contribution in [1.29, 1.82) is 0 Å². The van der Waals surface area contributed by atoms with Crippen molar-refractivity contribution in [3.05, 3.63) is 56.2 Å². The second kappa shape index (κ2) is 6.18. The van der Waals surface area contributed by atoms with Crippen LogP contribution in [-0.2, 0) is 19.6 Å². The largest absolute Gasteiger partial charge is 0.311 e. The summed E-state index contributed by atoms with van der Waals surface area (Å²) in [5.41, 5.74) is 2.98. The third-order valence-electron chi connectivity index (χ3n) is 3.43. The van der Waals surface area contributed by atoms with Crippen LogP contribution in [0.4, 0.5) is 0 Å². The lowest BCUT2D eigenvalue weighted by Gasteiger charge is -2.14. The molecule has 2 aromatic rings. The van der Waals surface area contributed by atoms with E-state index < -0.39 is 0 Å². The number of hydrogen-bond acceptors (Lipinski definition) is 3. The van der Waals surface area contributed by atoms with Crippen molar-refractivity contribution in [3.63, 3.8) is 0 Å². The molecule has 0 saturated carbocycles. The fourth-order valence-corrected chi connectivity index (χ4v) is 3.88. The van der Waals surface area contributed by atoms with E-state index in [-0.39, 0.29) is 0 Å². The Hall–Kier alpha value is -0.680. The Balaban J connectivity index is 1.40. The van der Waals surface area contributed by atoms with Gasteiger partial charge in [-0.05, 0) is 33.1 Å². The first-order valence-electron chi connectivity index (χ1n) is 6.54. The molecule has 1 N–H and O–H groups in total. The van der Waals surface area contributed by atoms with Gasteiger partial charge in [-0.3, -0.25) is 4.90 Å². The van der Waals surface area contributed by atoms with Gasteiger partial charge in [0.1, 0.15) is 0 Å². The van der Waals surface area contributed by atoms with Gasteiger partial charge in [-0.25, -0.2) is 0 Å². The van der Waals surface area contributed by atoms with Crippen molar-refractivity contribution in [2.45, 2.75) is 19.6 Å². The molecule has 2 heterocycles. The maximum absolute atomic E-state index is 3.52. The molecule has 0 spiro atoms. The predicted molar refractivity (Wildman–Crippen MR) is 84.3 cm³/mol. The minimum Gasteiger partial charge on any atom is -0.311 e. The fraction of sp³-hybridized carbons (Fsp3) is 0.333. The van der Waals surface area contributed by atoms with Gasteiger partial charge >= 0.3 is 0 Å². The minimum absolute atomic E-state index is 0.969. The Morgan fingerprint density at radius 2 is 1.95 bits per heavy atom. The van der Waals surface area contributed by atoms with Crippen LogP contribution in [0.15, 0.2) is 40.2 Å². The number of fused-ring (bicyclic) bond motifs is 1. The zero-order valence-corrected chi connectivity index (χ0v) is 13.1. The zero-order valence-electron chi connectivity index (χ0n) is 10.7. The molecule has 4 heteroatoms. The average Bonchev–Trinajstić information content (AvgIpc) is 3.00. The van der Waals surface area contributed by atoms with Crippen molar-refractivity contribution in [2.75, 3.05) is 13.1 Å². The van der Waals surface area contributed by atoms with Crippen LogP contribution in [0.3, 0.4) is 0 Å². The van der Waals surface area contributed by atoms with Crippen molar-refractivity contribution in [1.82, 2.24) is 10.2 Å². The third-order valence-corrected chi connectivity index (χ3v) is 5.13. The van der Waals surface area contributed by atoms with Crippen LogP contribution in [0.5, 0.6) is 0 Å². The average molecular weight is 337 g/mol. The molecule has 19 heavy (non-hydrogen) atoms. The van der Waals surface area contributed by atoms with E-state index in [0.717, 1.165) is 32.7 Å². The van der Waals surface area contributed by atoms with Gasteiger partial charge in [0.15, 0.2) is 0 Å².